The van der Waals surface area contributed by atoms with E-state index >= 15 is 0 Å². The molecule has 3 heterocycles. The van der Waals surface area contributed by atoms with E-state index in [0.29, 0.717) is 31.1 Å². The fourth-order valence-electron chi connectivity index (χ4n) is 2.91. The van der Waals surface area contributed by atoms with E-state index in [1.165, 1.54) is 0 Å². The van der Waals surface area contributed by atoms with Gasteiger partial charge in [0.1, 0.15) is 0 Å². The molecule has 0 radical (unpaired) electrons. The summed E-state index contributed by atoms with van der Waals surface area (Å²) in [6.45, 7) is 11.5. The van der Waals surface area contributed by atoms with Gasteiger partial charge < -0.3 is 25.0 Å². The molecule has 9 heteroatoms. The van der Waals surface area contributed by atoms with Gasteiger partial charge in [-0.15, -0.1) is 0 Å². The molecule has 25 heavy (non-hydrogen) atoms. The lowest BCUT2D eigenvalue weighted by Gasteiger charge is -2.27. The summed E-state index contributed by atoms with van der Waals surface area (Å²) in [5.41, 5.74) is 0. The third-order valence-corrected chi connectivity index (χ3v) is 4.29. The highest BCUT2D eigenvalue weighted by molar-refractivity contribution is 5.44. The fraction of sp³-hybridized carbons (Fsp3) is 0.812. The van der Waals surface area contributed by atoms with Crippen molar-refractivity contribution in [3.63, 3.8) is 0 Å². The zero-order valence-corrected chi connectivity index (χ0v) is 15.0. The van der Waals surface area contributed by atoms with E-state index in [-0.39, 0.29) is 0 Å². The summed E-state index contributed by atoms with van der Waals surface area (Å²) in [5, 5.41) is 6.53. The van der Waals surface area contributed by atoms with Gasteiger partial charge in [0, 0.05) is 39.3 Å². The van der Waals surface area contributed by atoms with Crippen LogP contribution < -0.4 is 15.5 Å². The average Bonchev–Trinajstić information content (AvgIpc) is 2.67. The minimum absolute atomic E-state index is 0.620. The highest BCUT2D eigenvalue weighted by Gasteiger charge is 2.16. The predicted octanol–water partition coefficient (Wildman–Crippen LogP) is 0.274. The second-order valence-electron chi connectivity index (χ2n) is 6.15. The fourth-order valence-corrected chi connectivity index (χ4v) is 2.91. The Kier molecular flexibility index (Phi) is 7.01. The molecule has 0 saturated carbocycles. The van der Waals surface area contributed by atoms with Gasteiger partial charge in [-0.3, -0.25) is 4.90 Å². The van der Waals surface area contributed by atoms with Gasteiger partial charge in [0.05, 0.1) is 26.4 Å². The van der Waals surface area contributed by atoms with Crippen molar-refractivity contribution in [2.24, 2.45) is 0 Å². The van der Waals surface area contributed by atoms with Crippen LogP contribution in [0.3, 0.4) is 0 Å². The van der Waals surface area contributed by atoms with Crippen molar-refractivity contribution in [1.82, 2.24) is 19.9 Å². The minimum Gasteiger partial charge on any atom is -0.379 e. The summed E-state index contributed by atoms with van der Waals surface area (Å²) in [6, 6.07) is 0. The van der Waals surface area contributed by atoms with Gasteiger partial charge in [0.25, 0.3) is 0 Å². The monoisotopic (exact) mass is 351 g/mol. The molecular formula is C16H29N7O2. The van der Waals surface area contributed by atoms with Gasteiger partial charge in [-0.2, -0.15) is 15.0 Å². The molecule has 0 amide bonds. The van der Waals surface area contributed by atoms with E-state index in [2.05, 4.69) is 35.4 Å². The SMILES string of the molecule is CCNc1nc(NCCCN2CCOCC2)nc(N2CCOCC2)n1. The van der Waals surface area contributed by atoms with Gasteiger partial charge >= 0.3 is 0 Å². The topological polar surface area (TPSA) is 87.7 Å². The highest BCUT2D eigenvalue weighted by Crippen LogP contribution is 2.15. The third kappa shape index (κ3) is 5.65. The molecule has 0 bridgehead atoms. The number of anilines is 3. The average molecular weight is 351 g/mol. The van der Waals surface area contributed by atoms with Gasteiger partial charge in [0.15, 0.2) is 0 Å². The predicted molar refractivity (Wildman–Crippen MR) is 97.4 cm³/mol. The Hall–Kier alpha value is -1.71. The maximum absolute atomic E-state index is 5.41. The largest absolute Gasteiger partial charge is 0.379 e. The normalized spacial score (nSPS) is 19.0. The molecule has 0 aliphatic carbocycles. The molecule has 0 spiro atoms. The van der Waals surface area contributed by atoms with Crippen LogP contribution >= 0.6 is 0 Å². The molecule has 2 aliphatic rings. The standard InChI is InChI=1S/C16H29N7O2/c1-2-17-14-19-15(18-4-3-5-22-6-10-24-11-7-22)21-16(20-14)23-8-12-25-13-9-23/h2-13H2,1H3,(H2,17,18,19,20,21). The van der Waals surface area contributed by atoms with Crippen LogP contribution in [0.2, 0.25) is 0 Å². The number of ether oxygens (including phenoxy) is 2. The highest BCUT2D eigenvalue weighted by atomic mass is 16.5. The second kappa shape index (κ2) is 9.69. The molecule has 1 aromatic heterocycles. The van der Waals surface area contributed by atoms with Crippen LogP contribution in [0.4, 0.5) is 17.8 Å². The number of hydrogen-bond donors (Lipinski definition) is 2. The van der Waals surface area contributed by atoms with E-state index in [4.69, 9.17) is 9.47 Å². The smallest absolute Gasteiger partial charge is 0.232 e. The van der Waals surface area contributed by atoms with Gasteiger partial charge in [0.2, 0.25) is 17.8 Å². The molecule has 140 valence electrons. The lowest BCUT2D eigenvalue weighted by Crippen LogP contribution is -2.38. The molecular weight excluding hydrogens is 322 g/mol. The zero-order valence-electron chi connectivity index (χ0n) is 15.0. The molecule has 0 aromatic carbocycles. The lowest BCUT2D eigenvalue weighted by atomic mass is 10.3. The van der Waals surface area contributed by atoms with E-state index < -0.39 is 0 Å². The molecule has 1 aromatic rings. The number of hydrogen-bond acceptors (Lipinski definition) is 9. The Balaban J connectivity index is 1.54. The molecule has 2 N–H and O–H groups in total. The number of morpholine rings is 2. The van der Waals surface area contributed by atoms with Crippen molar-refractivity contribution in [2.45, 2.75) is 13.3 Å². The number of rotatable bonds is 8. The van der Waals surface area contributed by atoms with Crippen LogP contribution in [-0.2, 0) is 9.47 Å². The van der Waals surface area contributed by atoms with Crippen molar-refractivity contribution >= 4 is 17.8 Å². The molecule has 2 fully saturated rings. The first kappa shape index (κ1) is 18.1. The Bertz CT molecular complexity index is 519. The summed E-state index contributed by atoms with van der Waals surface area (Å²) in [7, 11) is 0. The van der Waals surface area contributed by atoms with E-state index in [1.807, 2.05) is 6.92 Å². The quantitative estimate of drug-likeness (QED) is 0.641. The maximum Gasteiger partial charge on any atom is 0.232 e. The Labute approximate surface area is 149 Å². The van der Waals surface area contributed by atoms with Crippen LogP contribution in [0.25, 0.3) is 0 Å². The number of aromatic nitrogens is 3. The van der Waals surface area contributed by atoms with Gasteiger partial charge in [-0.25, -0.2) is 0 Å². The molecule has 0 unspecified atom stereocenters. The molecule has 3 rings (SSSR count). The Morgan fingerprint density at radius 2 is 1.52 bits per heavy atom. The second-order valence-corrected chi connectivity index (χ2v) is 6.15. The van der Waals surface area contributed by atoms with Crippen molar-refractivity contribution in [1.29, 1.82) is 0 Å². The molecule has 2 aliphatic heterocycles. The summed E-state index contributed by atoms with van der Waals surface area (Å²) in [4.78, 5) is 18.2. The van der Waals surface area contributed by atoms with Gasteiger partial charge in [-0.05, 0) is 19.9 Å². The van der Waals surface area contributed by atoms with Crippen LogP contribution in [0.1, 0.15) is 13.3 Å². The van der Waals surface area contributed by atoms with Crippen molar-refractivity contribution in [2.75, 3.05) is 87.8 Å². The van der Waals surface area contributed by atoms with Crippen LogP contribution in [0.5, 0.6) is 0 Å². The maximum atomic E-state index is 5.41. The molecule has 0 atom stereocenters. The zero-order chi connectivity index (χ0) is 17.3. The van der Waals surface area contributed by atoms with E-state index in [9.17, 15) is 0 Å². The Morgan fingerprint density at radius 1 is 0.880 bits per heavy atom. The van der Waals surface area contributed by atoms with Crippen LogP contribution in [0, 0.1) is 0 Å². The number of nitrogens with one attached hydrogen (secondary N) is 2. The summed E-state index contributed by atoms with van der Waals surface area (Å²) in [5.74, 6) is 1.97. The first-order valence-corrected chi connectivity index (χ1v) is 9.22. The van der Waals surface area contributed by atoms with E-state index in [0.717, 1.165) is 65.4 Å². The first-order chi connectivity index (χ1) is 12.3. The van der Waals surface area contributed by atoms with Crippen LogP contribution in [-0.4, -0.2) is 92.1 Å². The van der Waals surface area contributed by atoms with Crippen molar-refractivity contribution < 1.29 is 9.47 Å². The third-order valence-electron chi connectivity index (χ3n) is 4.29. The van der Waals surface area contributed by atoms with Crippen LogP contribution in [0.15, 0.2) is 0 Å². The van der Waals surface area contributed by atoms with Gasteiger partial charge in [-0.1, -0.05) is 0 Å². The first-order valence-electron chi connectivity index (χ1n) is 9.22. The molecule has 9 nitrogen and oxygen atoms in total. The minimum atomic E-state index is 0.620. The Morgan fingerprint density at radius 3 is 2.20 bits per heavy atom. The summed E-state index contributed by atoms with van der Waals surface area (Å²) < 4.78 is 10.8. The van der Waals surface area contributed by atoms with E-state index in [1.54, 1.807) is 0 Å². The van der Waals surface area contributed by atoms with Crippen molar-refractivity contribution in [3.05, 3.63) is 0 Å². The summed E-state index contributed by atoms with van der Waals surface area (Å²) >= 11 is 0. The molecule has 2 saturated heterocycles. The number of nitrogens with zero attached hydrogens (tertiary/aromatic N) is 5. The summed E-state index contributed by atoms with van der Waals surface area (Å²) in [6.07, 6.45) is 1.05. The lowest BCUT2D eigenvalue weighted by molar-refractivity contribution is 0.0378. The van der Waals surface area contributed by atoms with Crippen molar-refractivity contribution in [3.8, 4) is 0 Å².